The van der Waals surface area contributed by atoms with E-state index in [9.17, 15) is 0 Å². The normalized spacial score (nSPS) is 36.4. The van der Waals surface area contributed by atoms with E-state index in [0.717, 1.165) is 25.9 Å². The third-order valence-corrected chi connectivity index (χ3v) is 3.91. The maximum absolute atomic E-state index is 9.05. The quantitative estimate of drug-likeness (QED) is 0.682. The van der Waals surface area contributed by atoms with E-state index in [1.54, 1.807) is 0 Å². The summed E-state index contributed by atoms with van der Waals surface area (Å²) in [5, 5.41) is 9.05. The molecule has 0 aromatic carbocycles. The van der Waals surface area contributed by atoms with Crippen LogP contribution in [0.4, 0.5) is 0 Å². The molecule has 1 saturated carbocycles. The molecule has 0 aromatic rings. The molecule has 0 radical (unpaired) electrons. The molecule has 2 rings (SSSR count). The molecule has 1 saturated heterocycles. The zero-order chi connectivity index (χ0) is 9.97. The molecule has 14 heavy (non-hydrogen) atoms. The highest BCUT2D eigenvalue weighted by molar-refractivity contribution is 4.89. The van der Waals surface area contributed by atoms with Crippen LogP contribution in [0.1, 0.15) is 32.1 Å². The Morgan fingerprint density at radius 2 is 1.86 bits per heavy atom. The Balaban J connectivity index is 1.82. The molecule has 0 aromatic heterocycles. The Labute approximate surface area is 86.3 Å². The van der Waals surface area contributed by atoms with Crippen LogP contribution in [0.5, 0.6) is 0 Å². The summed E-state index contributed by atoms with van der Waals surface area (Å²) in [6, 6.07) is 1.04. The molecule has 2 fully saturated rings. The van der Waals surface area contributed by atoms with Crippen LogP contribution in [0.3, 0.4) is 0 Å². The van der Waals surface area contributed by atoms with Gasteiger partial charge in [0.2, 0.25) is 0 Å². The summed E-state index contributed by atoms with van der Waals surface area (Å²) in [5.41, 5.74) is 6.09. The molecule has 0 bridgehead atoms. The average Bonchev–Trinajstić information content (AvgIpc) is 2.65. The summed E-state index contributed by atoms with van der Waals surface area (Å²) in [5.74, 6) is 0.545. The van der Waals surface area contributed by atoms with Crippen molar-refractivity contribution in [1.29, 1.82) is 0 Å². The lowest BCUT2D eigenvalue weighted by atomic mass is 9.96. The lowest BCUT2D eigenvalue weighted by Crippen LogP contribution is -2.48. The van der Waals surface area contributed by atoms with E-state index in [0.29, 0.717) is 24.6 Å². The van der Waals surface area contributed by atoms with Crippen molar-refractivity contribution in [2.45, 2.75) is 44.2 Å². The number of aliphatic hydroxyl groups is 1. The van der Waals surface area contributed by atoms with Crippen molar-refractivity contribution in [3.8, 4) is 0 Å². The fourth-order valence-electron chi connectivity index (χ4n) is 2.89. The summed E-state index contributed by atoms with van der Waals surface area (Å²) in [6.07, 6.45) is 6.08. The van der Waals surface area contributed by atoms with Crippen LogP contribution in [0.2, 0.25) is 0 Å². The Kier molecular flexibility index (Phi) is 3.42. The molecule has 1 aliphatic carbocycles. The molecule has 3 N–H and O–H groups in total. The molecule has 82 valence electrons. The predicted octanol–water partition coefficient (Wildman–Crippen LogP) is 0.570. The van der Waals surface area contributed by atoms with Crippen LogP contribution in [0.25, 0.3) is 0 Å². The molecule has 0 amide bonds. The van der Waals surface area contributed by atoms with Gasteiger partial charge in [0, 0.05) is 18.7 Å². The number of likely N-dealkylation sites (tertiary alicyclic amines) is 1. The standard InChI is InChI=1S/C11H22N2O/c12-10-2-1-3-11(10)13-6-4-9(8-14)5-7-13/h9-11,14H,1-8,12H2. The fraction of sp³-hybridized carbons (Fsp3) is 1.00. The number of nitrogens with zero attached hydrogens (tertiary/aromatic N) is 1. The van der Waals surface area contributed by atoms with Crippen LogP contribution >= 0.6 is 0 Å². The van der Waals surface area contributed by atoms with Gasteiger partial charge in [-0.2, -0.15) is 0 Å². The molecule has 2 aliphatic rings. The molecule has 0 spiro atoms. The van der Waals surface area contributed by atoms with E-state index < -0.39 is 0 Å². The molecule has 1 aliphatic heterocycles. The smallest absolute Gasteiger partial charge is 0.0460 e. The lowest BCUT2D eigenvalue weighted by Gasteiger charge is -2.37. The first-order valence-corrected chi connectivity index (χ1v) is 5.91. The van der Waals surface area contributed by atoms with E-state index in [-0.39, 0.29) is 0 Å². The van der Waals surface area contributed by atoms with Gasteiger partial charge < -0.3 is 10.8 Å². The van der Waals surface area contributed by atoms with Crippen LogP contribution in [-0.2, 0) is 0 Å². The lowest BCUT2D eigenvalue weighted by molar-refractivity contribution is 0.0963. The van der Waals surface area contributed by atoms with Crippen molar-refractivity contribution >= 4 is 0 Å². The highest BCUT2D eigenvalue weighted by atomic mass is 16.3. The summed E-state index contributed by atoms with van der Waals surface area (Å²) in [6.45, 7) is 2.65. The molecular weight excluding hydrogens is 176 g/mol. The van der Waals surface area contributed by atoms with Crippen molar-refractivity contribution in [2.75, 3.05) is 19.7 Å². The minimum Gasteiger partial charge on any atom is -0.396 e. The van der Waals surface area contributed by atoms with Gasteiger partial charge in [0.25, 0.3) is 0 Å². The van der Waals surface area contributed by atoms with Crippen LogP contribution in [0, 0.1) is 5.92 Å². The van der Waals surface area contributed by atoms with E-state index >= 15 is 0 Å². The van der Waals surface area contributed by atoms with Crippen LogP contribution < -0.4 is 5.73 Å². The van der Waals surface area contributed by atoms with Crippen molar-refractivity contribution in [3.05, 3.63) is 0 Å². The molecule has 3 heteroatoms. The summed E-state index contributed by atoms with van der Waals surface area (Å²) in [4.78, 5) is 2.55. The van der Waals surface area contributed by atoms with Gasteiger partial charge in [-0.25, -0.2) is 0 Å². The monoisotopic (exact) mass is 198 g/mol. The first kappa shape index (κ1) is 10.4. The zero-order valence-electron chi connectivity index (χ0n) is 8.86. The highest BCUT2D eigenvalue weighted by Crippen LogP contribution is 2.27. The Morgan fingerprint density at radius 3 is 2.36 bits per heavy atom. The number of piperidine rings is 1. The number of aliphatic hydroxyl groups excluding tert-OH is 1. The van der Waals surface area contributed by atoms with Crippen molar-refractivity contribution in [3.63, 3.8) is 0 Å². The van der Waals surface area contributed by atoms with Gasteiger partial charge in [0.15, 0.2) is 0 Å². The maximum Gasteiger partial charge on any atom is 0.0460 e. The second kappa shape index (κ2) is 4.60. The van der Waals surface area contributed by atoms with E-state index in [4.69, 9.17) is 10.8 Å². The van der Waals surface area contributed by atoms with E-state index in [1.165, 1.54) is 19.3 Å². The SMILES string of the molecule is NC1CCCC1N1CCC(CO)CC1. The van der Waals surface area contributed by atoms with Crippen LogP contribution in [0.15, 0.2) is 0 Å². The molecule has 2 atom stereocenters. The summed E-state index contributed by atoms with van der Waals surface area (Å²) >= 11 is 0. The van der Waals surface area contributed by atoms with Gasteiger partial charge >= 0.3 is 0 Å². The zero-order valence-corrected chi connectivity index (χ0v) is 8.86. The molecule has 1 heterocycles. The Bertz CT molecular complexity index is 178. The number of rotatable bonds is 2. The summed E-state index contributed by atoms with van der Waals surface area (Å²) < 4.78 is 0. The van der Waals surface area contributed by atoms with Crippen molar-refractivity contribution in [2.24, 2.45) is 11.7 Å². The second-order valence-corrected chi connectivity index (χ2v) is 4.82. The van der Waals surface area contributed by atoms with Crippen LogP contribution in [-0.4, -0.2) is 41.8 Å². The fourth-order valence-corrected chi connectivity index (χ4v) is 2.89. The maximum atomic E-state index is 9.05. The van der Waals surface area contributed by atoms with Gasteiger partial charge in [-0.15, -0.1) is 0 Å². The second-order valence-electron chi connectivity index (χ2n) is 4.82. The Morgan fingerprint density at radius 1 is 1.14 bits per heavy atom. The van der Waals surface area contributed by atoms with Gasteiger partial charge in [-0.3, -0.25) is 4.90 Å². The van der Waals surface area contributed by atoms with Gasteiger partial charge in [0.05, 0.1) is 0 Å². The topological polar surface area (TPSA) is 49.5 Å². The minimum absolute atomic E-state index is 0.366. The molecule has 3 nitrogen and oxygen atoms in total. The molecular formula is C11H22N2O. The van der Waals surface area contributed by atoms with Gasteiger partial charge in [-0.05, 0) is 44.7 Å². The largest absolute Gasteiger partial charge is 0.396 e. The van der Waals surface area contributed by atoms with Gasteiger partial charge in [0.1, 0.15) is 0 Å². The minimum atomic E-state index is 0.366. The number of nitrogens with two attached hydrogens (primary N) is 1. The van der Waals surface area contributed by atoms with E-state index in [1.807, 2.05) is 0 Å². The predicted molar refractivity (Wildman–Crippen MR) is 57.0 cm³/mol. The van der Waals surface area contributed by atoms with Crippen molar-refractivity contribution in [1.82, 2.24) is 4.90 Å². The Hall–Kier alpha value is -0.120. The first-order chi connectivity index (χ1) is 6.81. The summed E-state index contributed by atoms with van der Waals surface area (Å²) in [7, 11) is 0. The average molecular weight is 198 g/mol. The third-order valence-electron chi connectivity index (χ3n) is 3.91. The van der Waals surface area contributed by atoms with Crippen molar-refractivity contribution < 1.29 is 5.11 Å². The highest BCUT2D eigenvalue weighted by Gasteiger charge is 2.31. The van der Waals surface area contributed by atoms with E-state index in [2.05, 4.69) is 4.90 Å². The number of hydrogen-bond donors (Lipinski definition) is 2. The molecule has 2 unspecified atom stereocenters. The first-order valence-electron chi connectivity index (χ1n) is 5.91. The third kappa shape index (κ3) is 2.10. The number of hydrogen-bond acceptors (Lipinski definition) is 3. The van der Waals surface area contributed by atoms with Gasteiger partial charge in [-0.1, -0.05) is 6.42 Å².